The number of benzene rings is 2. The van der Waals surface area contributed by atoms with E-state index >= 15 is 0 Å². The minimum atomic E-state index is -0.0896. The number of rotatable bonds is 10. The van der Waals surface area contributed by atoms with Gasteiger partial charge in [-0.2, -0.15) is 0 Å². The van der Waals surface area contributed by atoms with Crippen LogP contribution in [-0.2, 0) is 19.8 Å². The van der Waals surface area contributed by atoms with Gasteiger partial charge in [0, 0.05) is 0 Å². The molecule has 0 aliphatic heterocycles. The summed E-state index contributed by atoms with van der Waals surface area (Å²) in [4.78, 5) is 0. The van der Waals surface area contributed by atoms with E-state index in [0.717, 1.165) is 28.0 Å². The maximum Gasteiger partial charge on any atom is 0.120 e. The first-order chi connectivity index (χ1) is 13.6. The Morgan fingerprint density at radius 3 is 2.43 bits per heavy atom. The molecule has 0 spiro atoms. The van der Waals surface area contributed by atoms with E-state index in [1.165, 1.54) is 18.4 Å². The molecule has 0 saturated heterocycles. The van der Waals surface area contributed by atoms with E-state index in [9.17, 15) is 10.2 Å². The summed E-state index contributed by atoms with van der Waals surface area (Å²) in [6.07, 6.45) is 8.91. The minimum Gasteiger partial charge on any atom is -0.489 e. The third-order valence-electron chi connectivity index (χ3n) is 5.08. The highest BCUT2D eigenvalue weighted by molar-refractivity contribution is 5.66. The van der Waals surface area contributed by atoms with Crippen LogP contribution in [0.25, 0.3) is 5.57 Å². The fourth-order valence-electron chi connectivity index (χ4n) is 3.08. The molecule has 3 heteroatoms. The Balaban J connectivity index is 2.05. The van der Waals surface area contributed by atoms with Crippen LogP contribution in [-0.4, -0.2) is 10.2 Å². The molecule has 3 nitrogen and oxygen atoms in total. The first-order valence-electron chi connectivity index (χ1n) is 10.0. The molecule has 0 bridgehead atoms. The van der Waals surface area contributed by atoms with Gasteiger partial charge in [-0.1, -0.05) is 56.3 Å². The lowest BCUT2D eigenvalue weighted by Crippen LogP contribution is -2.00. The second-order valence-corrected chi connectivity index (χ2v) is 7.05. The molecular formula is C25H32O3. The number of aliphatic hydroxyl groups excluding tert-OH is 2. The van der Waals surface area contributed by atoms with Crippen molar-refractivity contribution in [1.82, 2.24) is 0 Å². The van der Waals surface area contributed by atoms with Crippen LogP contribution >= 0.6 is 0 Å². The van der Waals surface area contributed by atoms with Crippen molar-refractivity contribution in [1.29, 1.82) is 0 Å². The van der Waals surface area contributed by atoms with Crippen molar-refractivity contribution in [3.63, 3.8) is 0 Å². The van der Waals surface area contributed by atoms with Crippen LogP contribution in [0.3, 0.4) is 0 Å². The van der Waals surface area contributed by atoms with E-state index in [0.29, 0.717) is 12.5 Å². The number of allylic oxidation sites excluding steroid dienone is 4. The van der Waals surface area contributed by atoms with E-state index in [1.807, 2.05) is 36.4 Å². The summed E-state index contributed by atoms with van der Waals surface area (Å²) in [5, 5.41) is 18.7. The molecular weight excluding hydrogens is 348 g/mol. The molecule has 2 rings (SSSR count). The first-order valence-corrected chi connectivity index (χ1v) is 10.0. The average molecular weight is 381 g/mol. The van der Waals surface area contributed by atoms with E-state index in [4.69, 9.17) is 4.74 Å². The second-order valence-electron chi connectivity index (χ2n) is 7.05. The monoisotopic (exact) mass is 380 g/mol. The Hall–Kier alpha value is -2.36. The van der Waals surface area contributed by atoms with Gasteiger partial charge >= 0.3 is 0 Å². The van der Waals surface area contributed by atoms with Crippen LogP contribution in [0.4, 0.5) is 0 Å². The molecule has 0 fully saturated rings. The Labute approximate surface area is 169 Å². The van der Waals surface area contributed by atoms with Gasteiger partial charge in [0.1, 0.15) is 12.4 Å². The molecule has 0 amide bonds. The molecule has 2 N–H and O–H groups in total. The van der Waals surface area contributed by atoms with Gasteiger partial charge in [-0.15, -0.1) is 0 Å². The third kappa shape index (κ3) is 6.36. The van der Waals surface area contributed by atoms with Crippen LogP contribution in [0.5, 0.6) is 5.75 Å². The van der Waals surface area contributed by atoms with E-state index in [1.54, 1.807) is 0 Å². The Kier molecular flexibility index (Phi) is 8.99. The van der Waals surface area contributed by atoms with Crippen molar-refractivity contribution in [2.75, 3.05) is 0 Å². The lowest BCUT2D eigenvalue weighted by atomic mass is 10.0. The highest BCUT2D eigenvalue weighted by Crippen LogP contribution is 2.22. The van der Waals surface area contributed by atoms with Gasteiger partial charge in [0.05, 0.1) is 13.2 Å². The zero-order valence-corrected chi connectivity index (χ0v) is 17.2. The number of hydrogen-bond acceptors (Lipinski definition) is 3. The largest absolute Gasteiger partial charge is 0.489 e. The summed E-state index contributed by atoms with van der Waals surface area (Å²) in [7, 11) is 0. The predicted molar refractivity (Wildman–Crippen MR) is 116 cm³/mol. The fraction of sp³-hybridized carbons (Fsp3) is 0.360. The first kappa shape index (κ1) is 21.9. The van der Waals surface area contributed by atoms with Gasteiger partial charge in [0.25, 0.3) is 0 Å². The molecule has 0 aromatic heterocycles. The van der Waals surface area contributed by atoms with E-state index < -0.39 is 0 Å². The Morgan fingerprint density at radius 2 is 1.75 bits per heavy atom. The summed E-state index contributed by atoms with van der Waals surface area (Å²) in [5.41, 5.74) is 4.78. The summed E-state index contributed by atoms with van der Waals surface area (Å²) >= 11 is 0. The fourth-order valence-corrected chi connectivity index (χ4v) is 3.08. The molecule has 0 heterocycles. The van der Waals surface area contributed by atoms with Gasteiger partial charge in [-0.25, -0.2) is 0 Å². The lowest BCUT2D eigenvalue weighted by molar-refractivity contribution is 0.259. The summed E-state index contributed by atoms with van der Waals surface area (Å²) in [6.45, 7) is 6.80. The lowest BCUT2D eigenvalue weighted by Gasteiger charge is -2.11. The topological polar surface area (TPSA) is 49.7 Å². The number of aliphatic hydroxyl groups is 2. The van der Waals surface area contributed by atoms with Crippen LogP contribution in [0.15, 0.2) is 60.7 Å². The highest BCUT2D eigenvalue weighted by atomic mass is 16.5. The summed E-state index contributed by atoms with van der Waals surface area (Å²) < 4.78 is 5.94. The van der Waals surface area contributed by atoms with Crippen LogP contribution in [0.1, 0.15) is 55.9 Å². The maximum atomic E-state index is 9.43. The van der Waals surface area contributed by atoms with Crippen LogP contribution < -0.4 is 4.74 Å². The van der Waals surface area contributed by atoms with Crippen molar-refractivity contribution in [3.05, 3.63) is 82.9 Å². The number of hydrogen-bond donors (Lipinski definition) is 2. The van der Waals surface area contributed by atoms with Gasteiger partial charge in [0.15, 0.2) is 0 Å². The molecule has 2 aromatic rings. The van der Waals surface area contributed by atoms with Crippen LogP contribution in [0, 0.1) is 5.92 Å². The third-order valence-corrected chi connectivity index (χ3v) is 5.08. The predicted octanol–water partition coefficient (Wildman–Crippen LogP) is 5.65. The van der Waals surface area contributed by atoms with Crippen molar-refractivity contribution in [3.8, 4) is 5.75 Å². The SMILES string of the molecule is CCC(/C=C/C=C(\C)c1cccc(OCc2ccc(CO)c(CO)c2)c1)CC. The molecule has 0 aliphatic rings. The molecule has 0 radical (unpaired) electrons. The maximum absolute atomic E-state index is 9.43. The van der Waals surface area contributed by atoms with E-state index in [-0.39, 0.29) is 13.2 Å². The molecule has 150 valence electrons. The molecule has 0 aliphatic carbocycles. The second kappa shape index (κ2) is 11.5. The van der Waals surface area contributed by atoms with Crippen molar-refractivity contribution in [2.24, 2.45) is 5.92 Å². The molecule has 0 atom stereocenters. The van der Waals surface area contributed by atoms with Crippen LogP contribution in [0.2, 0.25) is 0 Å². The van der Waals surface area contributed by atoms with E-state index in [2.05, 4.69) is 45.1 Å². The molecule has 0 unspecified atom stereocenters. The summed E-state index contributed by atoms with van der Waals surface area (Å²) in [5.74, 6) is 1.45. The van der Waals surface area contributed by atoms with Crippen molar-refractivity contribution in [2.45, 2.75) is 53.4 Å². The average Bonchev–Trinajstić information content (AvgIpc) is 2.75. The standard InChI is InChI=1S/C25H32O3/c1-4-20(5-2)9-6-8-19(3)22-10-7-11-25(15-22)28-18-21-12-13-23(16-26)24(14-21)17-27/h6-15,20,26-27H,4-5,16-18H2,1-3H3/b9-6+,19-8+. The number of ether oxygens (including phenoxy) is 1. The minimum absolute atomic E-state index is 0.0730. The highest BCUT2D eigenvalue weighted by Gasteiger charge is 2.04. The molecule has 2 aromatic carbocycles. The molecule has 28 heavy (non-hydrogen) atoms. The van der Waals surface area contributed by atoms with Crippen molar-refractivity contribution < 1.29 is 14.9 Å². The van der Waals surface area contributed by atoms with Crippen molar-refractivity contribution >= 4 is 5.57 Å². The Morgan fingerprint density at radius 1 is 1.00 bits per heavy atom. The smallest absolute Gasteiger partial charge is 0.120 e. The van der Waals surface area contributed by atoms with Gasteiger partial charge in [0.2, 0.25) is 0 Å². The zero-order chi connectivity index (χ0) is 20.4. The van der Waals surface area contributed by atoms with Gasteiger partial charge in [-0.05, 0) is 71.7 Å². The van der Waals surface area contributed by atoms with Gasteiger partial charge in [-0.3, -0.25) is 0 Å². The quantitative estimate of drug-likeness (QED) is 0.524. The zero-order valence-electron chi connectivity index (χ0n) is 17.2. The van der Waals surface area contributed by atoms with Gasteiger partial charge < -0.3 is 14.9 Å². The normalized spacial score (nSPS) is 12.1. The molecule has 0 saturated carbocycles. The summed E-state index contributed by atoms with van der Waals surface area (Å²) in [6, 6.07) is 13.7. The Bertz CT molecular complexity index is 801.